The van der Waals surface area contributed by atoms with Gasteiger partial charge in [0, 0.05) is 0 Å². The third-order valence-corrected chi connectivity index (χ3v) is 3.70. The van der Waals surface area contributed by atoms with Gasteiger partial charge in [0.25, 0.3) is 0 Å². The molecule has 2 unspecified atom stereocenters. The molecule has 0 fully saturated rings. The molecule has 22 heavy (non-hydrogen) atoms. The summed E-state index contributed by atoms with van der Waals surface area (Å²) < 4.78 is 1.86. The first-order valence-corrected chi connectivity index (χ1v) is 7.64. The summed E-state index contributed by atoms with van der Waals surface area (Å²) in [6, 6.07) is 7.12. The lowest BCUT2D eigenvalue weighted by Crippen LogP contribution is -2.42. The second-order valence-electron chi connectivity index (χ2n) is 6.97. The Morgan fingerprint density at radius 3 is 2.68 bits per heavy atom. The highest BCUT2D eigenvalue weighted by molar-refractivity contribution is 5.83. The van der Waals surface area contributed by atoms with E-state index in [4.69, 9.17) is 0 Å². The average molecular weight is 303 g/mol. The normalized spacial score (nSPS) is 14.8. The Hall–Kier alpha value is -1.88. The van der Waals surface area contributed by atoms with E-state index in [-0.39, 0.29) is 30.0 Å². The molecule has 0 saturated heterocycles. The summed E-state index contributed by atoms with van der Waals surface area (Å²) in [4.78, 5) is 16.8. The van der Waals surface area contributed by atoms with E-state index in [2.05, 4.69) is 31.1 Å². The van der Waals surface area contributed by atoms with Gasteiger partial charge < -0.3 is 15.0 Å². The van der Waals surface area contributed by atoms with Crippen molar-refractivity contribution in [3.8, 4) is 0 Å². The molecule has 1 heterocycles. The van der Waals surface area contributed by atoms with Crippen LogP contribution in [0.15, 0.2) is 30.6 Å². The number of rotatable bonds is 5. The summed E-state index contributed by atoms with van der Waals surface area (Å²) in [6.07, 6.45) is 2.42. The fraction of sp³-hybridized carbons (Fsp3) is 0.529. The quantitative estimate of drug-likeness (QED) is 0.892. The number of hydrogen-bond acceptors (Lipinski definition) is 3. The Kier molecular flexibility index (Phi) is 4.86. The van der Waals surface area contributed by atoms with E-state index < -0.39 is 0 Å². The highest BCUT2D eigenvalue weighted by atomic mass is 16.3. The maximum atomic E-state index is 12.5. The SMILES string of the molecule is CC(C(=O)NC(CO)CC(C)(C)C)n1cnc2ccccc21. The third-order valence-electron chi connectivity index (χ3n) is 3.70. The largest absolute Gasteiger partial charge is 0.394 e. The molecule has 2 aromatic rings. The molecule has 1 aromatic carbocycles. The van der Waals surface area contributed by atoms with E-state index in [0.717, 1.165) is 17.5 Å². The van der Waals surface area contributed by atoms with Gasteiger partial charge in [-0.25, -0.2) is 4.98 Å². The van der Waals surface area contributed by atoms with Crippen LogP contribution in [0.4, 0.5) is 0 Å². The number of benzene rings is 1. The Morgan fingerprint density at radius 2 is 2.05 bits per heavy atom. The van der Waals surface area contributed by atoms with Gasteiger partial charge in [0.2, 0.25) is 5.91 Å². The van der Waals surface area contributed by atoms with Crippen LogP contribution in [0.3, 0.4) is 0 Å². The van der Waals surface area contributed by atoms with Gasteiger partial charge in [0.05, 0.1) is 30.0 Å². The summed E-state index contributed by atoms with van der Waals surface area (Å²) in [7, 11) is 0. The molecule has 0 aliphatic rings. The number of hydrogen-bond donors (Lipinski definition) is 2. The molecule has 2 N–H and O–H groups in total. The molecular weight excluding hydrogens is 278 g/mol. The fourth-order valence-electron chi connectivity index (χ4n) is 2.64. The van der Waals surface area contributed by atoms with Crippen molar-refractivity contribution in [1.29, 1.82) is 0 Å². The Bertz CT molecular complexity index is 643. The molecule has 0 saturated carbocycles. The van der Waals surface area contributed by atoms with Crippen LogP contribution >= 0.6 is 0 Å². The molecule has 0 aliphatic carbocycles. The van der Waals surface area contributed by atoms with Gasteiger partial charge in [0.15, 0.2) is 0 Å². The van der Waals surface area contributed by atoms with Crippen molar-refractivity contribution in [2.45, 2.75) is 46.2 Å². The highest BCUT2D eigenvalue weighted by Crippen LogP contribution is 2.22. The lowest BCUT2D eigenvalue weighted by molar-refractivity contribution is -0.125. The number of carbonyl (C=O) groups excluding carboxylic acids is 1. The molecule has 2 atom stereocenters. The van der Waals surface area contributed by atoms with Crippen molar-refractivity contribution < 1.29 is 9.90 Å². The maximum Gasteiger partial charge on any atom is 0.243 e. The number of aliphatic hydroxyl groups excluding tert-OH is 1. The lowest BCUT2D eigenvalue weighted by Gasteiger charge is -2.26. The van der Waals surface area contributed by atoms with E-state index >= 15 is 0 Å². The zero-order valence-corrected chi connectivity index (χ0v) is 13.7. The molecule has 0 spiro atoms. The summed E-state index contributed by atoms with van der Waals surface area (Å²) in [5.74, 6) is -0.105. The van der Waals surface area contributed by atoms with Gasteiger partial charge in [-0.05, 0) is 30.9 Å². The van der Waals surface area contributed by atoms with Crippen LogP contribution in [0.2, 0.25) is 0 Å². The van der Waals surface area contributed by atoms with Crippen LogP contribution in [0.1, 0.15) is 40.2 Å². The van der Waals surface area contributed by atoms with E-state index in [1.807, 2.05) is 35.8 Å². The first kappa shape index (κ1) is 16.5. The Balaban J connectivity index is 2.11. The molecule has 0 radical (unpaired) electrons. The second-order valence-corrected chi connectivity index (χ2v) is 6.97. The van der Waals surface area contributed by atoms with Gasteiger partial charge in [0.1, 0.15) is 6.04 Å². The number of nitrogens with zero attached hydrogens (tertiary/aromatic N) is 2. The van der Waals surface area contributed by atoms with E-state index in [1.54, 1.807) is 6.33 Å². The predicted octanol–water partition coefficient (Wildman–Crippen LogP) is 2.51. The van der Waals surface area contributed by atoms with Crippen LogP contribution < -0.4 is 5.32 Å². The summed E-state index contributed by atoms with van der Waals surface area (Å²) in [6.45, 7) is 8.06. The smallest absolute Gasteiger partial charge is 0.243 e. The van der Waals surface area contributed by atoms with Crippen LogP contribution in [-0.4, -0.2) is 33.2 Å². The zero-order valence-electron chi connectivity index (χ0n) is 13.7. The van der Waals surface area contributed by atoms with Gasteiger partial charge in [-0.15, -0.1) is 0 Å². The molecule has 5 nitrogen and oxygen atoms in total. The van der Waals surface area contributed by atoms with Crippen molar-refractivity contribution in [3.63, 3.8) is 0 Å². The Morgan fingerprint density at radius 1 is 1.36 bits per heavy atom. The van der Waals surface area contributed by atoms with Gasteiger partial charge in [-0.2, -0.15) is 0 Å². The Labute approximate surface area is 131 Å². The zero-order chi connectivity index (χ0) is 16.3. The van der Waals surface area contributed by atoms with Crippen LogP contribution in [-0.2, 0) is 4.79 Å². The number of carbonyl (C=O) groups is 1. The maximum absolute atomic E-state index is 12.5. The monoisotopic (exact) mass is 303 g/mol. The average Bonchev–Trinajstić information content (AvgIpc) is 2.88. The van der Waals surface area contributed by atoms with E-state index in [0.29, 0.717) is 0 Å². The van der Waals surface area contributed by atoms with Crippen LogP contribution in [0, 0.1) is 5.41 Å². The molecule has 2 rings (SSSR count). The van der Waals surface area contributed by atoms with Crippen molar-refractivity contribution >= 4 is 16.9 Å². The standard InChI is InChI=1S/C17H25N3O2/c1-12(16(22)19-13(10-21)9-17(2,3)4)20-11-18-14-7-5-6-8-15(14)20/h5-8,11-13,21H,9-10H2,1-4H3,(H,19,22). The molecular formula is C17H25N3O2. The van der Waals surface area contributed by atoms with E-state index in [1.165, 1.54) is 0 Å². The van der Waals surface area contributed by atoms with Gasteiger partial charge in [-0.1, -0.05) is 32.9 Å². The molecule has 0 bridgehead atoms. The highest BCUT2D eigenvalue weighted by Gasteiger charge is 2.23. The summed E-state index contributed by atoms with van der Waals surface area (Å²) in [5, 5.41) is 12.4. The number of nitrogens with one attached hydrogen (secondary N) is 1. The molecule has 120 valence electrons. The predicted molar refractivity (Wildman–Crippen MR) is 87.5 cm³/mol. The number of aromatic nitrogens is 2. The third kappa shape index (κ3) is 3.85. The summed E-state index contributed by atoms with van der Waals surface area (Å²) >= 11 is 0. The fourth-order valence-corrected chi connectivity index (χ4v) is 2.64. The molecule has 1 aromatic heterocycles. The van der Waals surface area contributed by atoms with Crippen molar-refractivity contribution in [1.82, 2.24) is 14.9 Å². The topological polar surface area (TPSA) is 67.2 Å². The number of aliphatic hydroxyl groups is 1. The van der Waals surface area contributed by atoms with E-state index in [9.17, 15) is 9.90 Å². The number of fused-ring (bicyclic) bond motifs is 1. The number of imidazole rings is 1. The first-order valence-electron chi connectivity index (χ1n) is 7.64. The van der Waals surface area contributed by atoms with Crippen molar-refractivity contribution in [2.75, 3.05) is 6.61 Å². The molecule has 5 heteroatoms. The van der Waals surface area contributed by atoms with Gasteiger partial charge in [-0.3, -0.25) is 4.79 Å². The van der Waals surface area contributed by atoms with Gasteiger partial charge >= 0.3 is 0 Å². The minimum atomic E-state index is -0.374. The summed E-state index contributed by atoms with van der Waals surface area (Å²) in [5.41, 5.74) is 1.85. The second kappa shape index (κ2) is 6.48. The minimum Gasteiger partial charge on any atom is -0.394 e. The van der Waals surface area contributed by atoms with Crippen LogP contribution in [0.25, 0.3) is 11.0 Å². The lowest BCUT2D eigenvalue weighted by atomic mass is 9.88. The molecule has 1 amide bonds. The van der Waals surface area contributed by atoms with Crippen molar-refractivity contribution in [3.05, 3.63) is 30.6 Å². The minimum absolute atomic E-state index is 0.0472. The number of para-hydroxylation sites is 2. The van der Waals surface area contributed by atoms with Crippen molar-refractivity contribution in [2.24, 2.45) is 5.41 Å². The first-order chi connectivity index (χ1) is 10.3. The van der Waals surface area contributed by atoms with Crippen LogP contribution in [0.5, 0.6) is 0 Å². The number of amides is 1. The molecule has 0 aliphatic heterocycles.